The van der Waals surface area contributed by atoms with Crippen LogP contribution in [0.15, 0.2) is 6.07 Å². The van der Waals surface area contributed by atoms with E-state index in [2.05, 4.69) is 46.6 Å². The maximum absolute atomic E-state index is 5.96. The Kier molecular flexibility index (Phi) is 2.38. The number of anilines is 1. The SMILES string of the molecule is CC(C)(C)c1cc(N)[n+](C(C)(C)C)[nH]1. The molecular formula is C11H22N3+. The van der Waals surface area contributed by atoms with Crippen molar-refractivity contribution >= 4 is 5.82 Å². The molecule has 1 heterocycles. The van der Waals surface area contributed by atoms with Gasteiger partial charge in [0.05, 0.1) is 11.8 Å². The van der Waals surface area contributed by atoms with Crippen LogP contribution in [0.1, 0.15) is 47.2 Å². The fraction of sp³-hybridized carbons (Fsp3) is 0.727. The van der Waals surface area contributed by atoms with Crippen molar-refractivity contribution in [2.75, 3.05) is 5.73 Å². The molecule has 0 aliphatic carbocycles. The normalized spacial score (nSPS) is 13.3. The molecule has 3 N–H and O–H groups in total. The van der Waals surface area contributed by atoms with E-state index in [1.165, 1.54) is 5.69 Å². The molecule has 14 heavy (non-hydrogen) atoms. The highest BCUT2D eigenvalue weighted by molar-refractivity contribution is 5.26. The van der Waals surface area contributed by atoms with Crippen LogP contribution in [0.3, 0.4) is 0 Å². The topological polar surface area (TPSA) is 45.7 Å². The standard InChI is InChI=1S/C11H21N3/c1-10(2,3)8-7-9(12)14(13-8)11(4,5)6/h7H,1-6H3,(H2,12,13)/p+1. The van der Waals surface area contributed by atoms with E-state index in [1.807, 2.05) is 10.7 Å². The highest BCUT2D eigenvalue weighted by atomic mass is 15.3. The van der Waals surface area contributed by atoms with Crippen LogP contribution in [-0.4, -0.2) is 5.10 Å². The first-order chi connectivity index (χ1) is 6.12. The highest BCUT2D eigenvalue weighted by Crippen LogP contribution is 2.21. The molecular weight excluding hydrogens is 174 g/mol. The van der Waals surface area contributed by atoms with Gasteiger partial charge < -0.3 is 0 Å². The summed E-state index contributed by atoms with van der Waals surface area (Å²) in [5, 5.41) is 3.35. The van der Waals surface area contributed by atoms with E-state index in [4.69, 9.17) is 5.73 Å². The lowest BCUT2D eigenvalue weighted by Gasteiger charge is -2.17. The smallest absolute Gasteiger partial charge is 0.285 e. The monoisotopic (exact) mass is 196 g/mol. The van der Waals surface area contributed by atoms with Crippen LogP contribution in [-0.2, 0) is 11.0 Å². The lowest BCUT2D eigenvalue weighted by atomic mass is 9.92. The third-order valence-electron chi connectivity index (χ3n) is 2.26. The molecule has 0 radical (unpaired) electrons. The largest absolute Gasteiger partial charge is 0.293 e. The molecule has 3 heteroatoms. The first-order valence-electron chi connectivity index (χ1n) is 5.04. The summed E-state index contributed by atoms with van der Waals surface area (Å²) >= 11 is 0. The molecule has 0 amide bonds. The summed E-state index contributed by atoms with van der Waals surface area (Å²) in [6.45, 7) is 12.9. The highest BCUT2D eigenvalue weighted by Gasteiger charge is 2.27. The Morgan fingerprint density at radius 2 is 1.64 bits per heavy atom. The summed E-state index contributed by atoms with van der Waals surface area (Å²) < 4.78 is 2.01. The van der Waals surface area contributed by atoms with Gasteiger partial charge in [-0.15, -0.1) is 0 Å². The summed E-state index contributed by atoms with van der Waals surface area (Å²) in [5.41, 5.74) is 7.25. The minimum atomic E-state index is 0.00752. The van der Waals surface area contributed by atoms with Gasteiger partial charge in [0, 0.05) is 5.41 Å². The van der Waals surface area contributed by atoms with Gasteiger partial charge in [-0.2, -0.15) is 4.68 Å². The molecule has 0 atom stereocenters. The number of nitrogens with two attached hydrogens (primary N) is 1. The van der Waals surface area contributed by atoms with Gasteiger partial charge in [-0.1, -0.05) is 20.8 Å². The minimum Gasteiger partial charge on any atom is -0.285 e. The van der Waals surface area contributed by atoms with Gasteiger partial charge in [-0.25, -0.2) is 5.10 Å². The Morgan fingerprint density at radius 3 is 1.86 bits per heavy atom. The van der Waals surface area contributed by atoms with Gasteiger partial charge >= 0.3 is 0 Å². The van der Waals surface area contributed by atoms with Crippen LogP contribution < -0.4 is 10.4 Å². The van der Waals surface area contributed by atoms with Crippen LogP contribution >= 0.6 is 0 Å². The molecule has 0 saturated heterocycles. The quantitative estimate of drug-likeness (QED) is 0.612. The Balaban J connectivity index is 3.19. The van der Waals surface area contributed by atoms with Gasteiger partial charge in [0.2, 0.25) is 0 Å². The number of nitrogens with zero attached hydrogens (tertiary/aromatic N) is 1. The maximum atomic E-state index is 5.96. The first-order valence-corrected chi connectivity index (χ1v) is 5.04. The average Bonchev–Trinajstić information content (AvgIpc) is 2.27. The molecule has 0 fully saturated rings. The van der Waals surface area contributed by atoms with E-state index in [0.29, 0.717) is 0 Å². The summed E-state index contributed by atoms with van der Waals surface area (Å²) in [6.07, 6.45) is 0. The summed E-state index contributed by atoms with van der Waals surface area (Å²) in [6, 6.07) is 2.02. The van der Waals surface area contributed by atoms with Crippen molar-refractivity contribution in [3.05, 3.63) is 11.8 Å². The molecule has 0 bridgehead atoms. The molecule has 1 rings (SSSR count). The molecule has 1 aromatic rings. The molecule has 1 aromatic heterocycles. The number of nitrogens with one attached hydrogen (secondary N) is 1. The van der Waals surface area contributed by atoms with Crippen molar-refractivity contribution < 1.29 is 4.68 Å². The molecule has 0 spiro atoms. The van der Waals surface area contributed by atoms with Crippen molar-refractivity contribution in [3.8, 4) is 0 Å². The number of aromatic amines is 1. The van der Waals surface area contributed by atoms with Crippen LogP contribution in [0.5, 0.6) is 0 Å². The Hall–Kier alpha value is -0.990. The van der Waals surface area contributed by atoms with E-state index in [1.54, 1.807) is 0 Å². The van der Waals surface area contributed by atoms with Gasteiger partial charge in [-0.3, -0.25) is 5.73 Å². The molecule has 0 unspecified atom stereocenters. The second kappa shape index (κ2) is 3.01. The molecule has 0 saturated carbocycles. The van der Waals surface area contributed by atoms with Crippen LogP contribution in [0.4, 0.5) is 5.82 Å². The van der Waals surface area contributed by atoms with Crippen LogP contribution in [0, 0.1) is 0 Å². The fourth-order valence-corrected chi connectivity index (χ4v) is 1.37. The van der Waals surface area contributed by atoms with Gasteiger partial charge in [-0.05, 0) is 20.8 Å². The number of nitrogen functional groups attached to an aromatic ring is 1. The summed E-state index contributed by atoms with van der Waals surface area (Å²) in [4.78, 5) is 0. The lowest BCUT2D eigenvalue weighted by molar-refractivity contribution is -0.790. The van der Waals surface area contributed by atoms with E-state index in [9.17, 15) is 0 Å². The molecule has 0 aliphatic heterocycles. The van der Waals surface area contributed by atoms with Gasteiger partial charge in [0.25, 0.3) is 5.82 Å². The number of H-pyrrole nitrogens is 1. The predicted molar refractivity (Wildman–Crippen MR) is 59.1 cm³/mol. The second-order valence-corrected chi connectivity index (χ2v) is 5.85. The third kappa shape index (κ3) is 2.08. The van der Waals surface area contributed by atoms with Crippen molar-refractivity contribution in [2.45, 2.75) is 52.5 Å². The maximum Gasteiger partial charge on any atom is 0.293 e. The van der Waals surface area contributed by atoms with Crippen molar-refractivity contribution in [1.29, 1.82) is 0 Å². The van der Waals surface area contributed by atoms with E-state index < -0.39 is 0 Å². The Bertz CT molecular complexity index is 323. The van der Waals surface area contributed by atoms with Crippen LogP contribution in [0.25, 0.3) is 0 Å². The number of aromatic nitrogens is 2. The molecule has 0 aliphatic rings. The van der Waals surface area contributed by atoms with Crippen molar-refractivity contribution in [3.63, 3.8) is 0 Å². The van der Waals surface area contributed by atoms with Crippen molar-refractivity contribution in [1.82, 2.24) is 5.10 Å². The van der Waals surface area contributed by atoms with Crippen LogP contribution in [0.2, 0.25) is 0 Å². The second-order valence-electron chi connectivity index (χ2n) is 5.85. The van der Waals surface area contributed by atoms with Crippen molar-refractivity contribution in [2.24, 2.45) is 0 Å². The zero-order chi connectivity index (χ0) is 11.1. The minimum absolute atomic E-state index is 0.00752. The lowest BCUT2D eigenvalue weighted by Crippen LogP contribution is -2.53. The molecule has 0 aromatic carbocycles. The zero-order valence-electron chi connectivity index (χ0n) is 10.1. The van der Waals surface area contributed by atoms with E-state index >= 15 is 0 Å². The van der Waals surface area contributed by atoms with Gasteiger partial charge in [0.15, 0.2) is 0 Å². The van der Waals surface area contributed by atoms with E-state index in [0.717, 1.165) is 5.82 Å². The first kappa shape index (κ1) is 11.1. The summed E-state index contributed by atoms with van der Waals surface area (Å²) in [7, 11) is 0. The predicted octanol–water partition coefficient (Wildman–Crippen LogP) is 1.94. The number of rotatable bonds is 0. The fourth-order valence-electron chi connectivity index (χ4n) is 1.37. The number of hydrogen-bond donors (Lipinski definition) is 2. The zero-order valence-corrected chi connectivity index (χ0v) is 10.1. The average molecular weight is 196 g/mol. The molecule has 80 valence electrons. The molecule has 3 nitrogen and oxygen atoms in total. The van der Waals surface area contributed by atoms with Gasteiger partial charge in [0.1, 0.15) is 5.54 Å². The Labute approximate surface area is 86.3 Å². The Morgan fingerprint density at radius 1 is 1.14 bits per heavy atom. The van der Waals surface area contributed by atoms with E-state index in [-0.39, 0.29) is 11.0 Å². The third-order valence-corrected chi connectivity index (χ3v) is 2.26. The summed E-state index contributed by atoms with van der Waals surface area (Å²) in [5.74, 6) is 0.794. The number of hydrogen-bond acceptors (Lipinski definition) is 1.